The lowest BCUT2D eigenvalue weighted by atomic mass is 9.91. The number of rotatable bonds is 4. The van der Waals surface area contributed by atoms with E-state index in [-0.39, 0.29) is 17.9 Å². The molecule has 0 saturated heterocycles. The van der Waals surface area contributed by atoms with Crippen LogP contribution in [0.15, 0.2) is 76.6 Å². The first kappa shape index (κ1) is 23.6. The van der Waals surface area contributed by atoms with E-state index in [2.05, 4.69) is 10.1 Å². The van der Waals surface area contributed by atoms with Gasteiger partial charge in [-0.15, -0.1) is 0 Å². The van der Waals surface area contributed by atoms with Crippen molar-refractivity contribution in [3.63, 3.8) is 0 Å². The lowest BCUT2D eigenvalue weighted by Gasteiger charge is -2.22. The number of nitrogens with zero attached hydrogens (tertiary/aromatic N) is 2. The predicted octanol–water partition coefficient (Wildman–Crippen LogP) is 7.24. The van der Waals surface area contributed by atoms with Gasteiger partial charge in [0, 0.05) is 44.4 Å². The van der Waals surface area contributed by atoms with Gasteiger partial charge >= 0.3 is 0 Å². The number of hydrogen-bond donors (Lipinski definition) is 1. The first-order valence-electron chi connectivity index (χ1n) is 11.1. The fourth-order valence-electron chi connectivity index (χ4n) is 4.51. The van der Waals surface area contributed by atoms with Gasteiger partial charge in [-0.3, -0.25) is 9.59 Å². The Morgan fingerprint density at radius 1 is 1.00 bits per heavy atom. The van der Waals surface area contributed by atoms with Gasteiger partial charge in [0.15, 0.2) is 0 Å². The van der Waals surface area contributed by atoms with Crippen molar-refractivity contribution in [3.05, 3.63) is 103 Å². The van der Waals surface area contributed by atoms with Gasteiger partial charge in [-0.2, -0.15) is 5.10 Å². The molecule has 4 aromatic rings. The number of carbonyl (C=O) groups excluding carboxylic acids is 1. The summed E-state index contributed by atoms with van der Waals surface area (Å²) < 4.78 is 0. The summed E-state index contributed by atoms with van der Waals surface area (Å²) >= 11 is 19.0. The monoisotopic (exact) mass is 523 g/mol. The molecule has 0 saturated carbocycles. The van der Waals surface area contributed by atoms with E-state index < -0.39 is 6.04 Å². The van der Waals surface area contributed by atoms with E-state index in [9.17, 15) is 9.59 Å². The molecule has 0 aliphatic carbocycles. The number of aromatic amines is 1. The number of halogens is 3. The molecular weight excluding hydrogens is 505 g/mol. The van der Waals surface area contributed by atoms with Crippen LogP contribution in [0.1, 0.15) is 36.9 Å². The van der Waals surface area contributed by atoms with E-state index in [1.807, 2.05) is 36.4 Å². The van der Waals surface area contributed by atoms with Crippen molar-refractivity contribution >= 4 is 57.3 Å². The third-order valence-electron chi connectivity index (χ3n) is 6.12. The highest BCUT2D eigenvalue weighted by atomic mass is 35.5. The van der Waals surface area contributed by atoms with Crippen molar-refractivity contribution in [2.45, 2.75) is 25.8 Å². The molecule has 3 aromatic carbocycles. The zero-order valence-electron chi connectivity index (χ0n) is 18.7. The second-order valence-corrected chi connectivity index (χ2v) is 9.56. The van der Waals surface area contributed by atoms with Crippen LogP contribution in [0.25, 0.3) is 22.0 Å². The van der Waals surface area contributed by atoms with Crippen molar-refractivity contribution in [3.8, 4) is 11.1 Å². The van der Waals surface area contributed by atoms with Crippen molar-refractivity contribution < 1.29 is 4.79 Å². The molecule has 176 valence electrons. The molecule has 0 radical (unpaired) electrons. The van der Waals surface area contributed by atoms with E-state index in [1.54, 1.807) is 37.3 Å². The highest BCUT2D eigenvalue weighted by Gasteiger charge is 2.35. The van der Waals surface area contributed by atoms with Crippen LogP contribution in [-0.4, -0.2) is 21.6 Å². The molecule has 1 N–H and O–H groups in total. The number of amides is 1. The lowest BCUT2D eigenvalue weighted by molar-refractivity contribution is -0.132. The molecule has 0 bridgehead atoms. The van der Waals surface area contributed by atoms with Gasteiger partial charge in [0.1, 0.15) is 0 Å². The number of H-pyrrole nitrogens is 1. The Morgan fingerprint density at radius 3 is 2.43 bits per heavy atom. The summed E-state index contributed by atoms with van der Waals surface area (Å²) in [7, 11) is 0. The Labute approximate surface area is 216 Å². The third-order valence-corrected chi connectivity index (χ3v) is 6.91. The maximum atomic E-state index is 13.5. The Bertz CT molecular complexity index is 1550. The second kappa shape index (κ2) is 9.50. The zero-order valence-corrected chi connectivity index (χ0v) is 21.0. The number of hydrazone groups is 1. The van der Waals surface area contributed by atoms with E-state index in [0.29, 0.717) is 38.3 Å². The van der Waals surface area contributed by atoms with Gasteiger partial charge in [-0.1, -0.05) is 78.1 Å². The van der Waals surface area contributed by atoms with Crippen molar-refractivity contribution in [1.82, 2.24) is 9.99 Å². The maximum absolute atomic E-state index is 13.5. The Hall–Kier alpha value is -3.12. The first-order chi connectivity index (χ1) is 16.9. The molecule has 1 aliphatic heterocycles. The Balaban J connectivity index is 1.75. The smallest absolute Gasteiger partial charge is 0.258 e. The molecule has 0 fully saturated rings. The third kappa shape index (κ3) is 4.36. The zero-order chi connectivity index (χ0) is 24.7. The fraction of sp³-hybridized carbons (Fsp3) is 0.148. The van der Waals surface area contributed by atoms with Crippen LogP contribution in [0.2, 0.25) is 15.1 Å². The number of fused-ring (bicyclic) bond motifs is 1. The van der Waals surface area contributed by atoms with E-state index >= 15 is 0 Å². The Kier molecular flexibility index (Phi) is 6.41. The summed E-state index contributed by atoms with van der Waals surface area (Å²) in [5.74, 6) is -0.169. The molecule has 1 unspecified atom stereocenters. The summed E-state index contributed by atoms with van der Waals surface area (Å²) in [5.41, 5.74) is 3.58. The largest absolute Gasteiger partial charge is 0.321 e. The van der Waals surface area contributed by atoms with Crippen LogP contribution < -0.4 is 5.56 Å². The molecule has 8 heteroatoms. The molecule has 2 heterocycles. The van der Waals surface area contributed by atoms with Crippen molar-refractivity contribution in [1.29, 1.82) is 0 Å². The molecule has 35 heavy (non-hydrogen) atoms. The molecular formula is C27H20Cl3N3O2. The number of benzene rings is 3. The topological polar surface area (TPSA) is 65.5 Å². The van der Waals surface area contributed by atoms with E-state index in [0.717, 1.165) is 22.1 Å². The quantitative estimate of drug-likeness (QED) is 0.306. The number of pyridine rings is 1. The summed E-state index contributed by atoms with van der Waals surface area (Å²) in [4.78, 5) is 29.3. The van der Waals surface area contributed by atoms with Gasteiger partial charge < -0.3 is 4.98 Å². The number of carbonyl (C=O) groups is 1. The van der Waals surface area contributed by atoms with E-state index in [4.69, 9.17) is 34.8 Å². The standard InChI is InChI=1S/C27H20Cl3N3O2/c1-2-24(34)33-23(18-10-8-17(29)13-20(18)30)14-22(32-33)26-25(15-6-4-3-5-7-15)19-12-16(28)9-11-21(19)31-27(26)35/h3-13,23H,2,14H2,1H3,(H,31,35). The summed E-state index contributed by atoms with van der Waals surface area (Å²) in [6, 6.07) is 19.7. The van der Waals surface area contributed by atoms with Gasteiger partial charge in [-0.05, 0) is 41.5 Å². The normalized spacial score (nSPS) is 15.5. The minimum atomic E-state index is -0.458. The Morgan fingerprint density at radius 2 is 1.71 bits per heavy atom. The molecule has 1 aliphatic rings. The molecule has 1 aromatic heterocycles. The number of hydrogen-bond acceptors (Lipinski definition) is 3. The van der Waals surface area contributed by atoms with Gasteiger partial charge in [-0.25, -0.2) is 5.01 Å². The fourth-order valence-corrected chi connectivity index (χ4v) is 5.22. The van der Waals surface area contributed by atoms with Gasteiger partial charge in [0.25, 0.3) is 5.56 Å². The van der Waals surface area contributed by atoms with Crippen LogP contribution in [0.5, 0.6) is 0 Å². The first-order valence-corrected chi connectivity index (χ1v) is 12.3. The van der Waals surface area contributed by atoms with E-state index in [1.165, 1.54) is 5.01 Å². The molecule has 5 nitrogen and oxygen atoms in total. The van der Waals surface area contributed by atoms with Crippen LogP contribution >= 0.6 is 34.8 Å². The molecule has 5 rings (SSSR count). The number of nitrogens with one attached hydrogen (secondary N) is 1. The predicted molar refractivity (Wildman–Crippen MR) is 143 cm³/mol. The van der Waals surface area contributed by atoms with Gasteiger partial charge in [0.05, 0.1) is 17.3 Å². The highest BCUT2D eigenvalue weighted by molar-refractivity contribution is 6.35. The highest BCUT2D eigenvalue weighted by Crippen LogP contribution is 2.40. The number of aromatic nitrogens is 1. The molecule has 0 spiro atoms. The van der Waals surface area contributed by atoms with Crippen LogP contribution in [0.3, 0.4) is 0 Å². The van der Waals surface area contributed by atoms with Crippen LogP contribution in [-0.2, 0) is 4.79 Å². The minimum absolute atomic E-state index is 0.169. The summed E-state index contributed by atoms with van der Waals surface area (Å²) in [6.07, 6.45) is 0.579. The lowest BCUT2D eigenvalue weighted by Crippen LogP contribution is -2.26. The molecule has 1 amide bonds. The van der Waals surface area contributed by atoms with Gasteiger partial charge in [0.2, 0.25) is 5.91 Å². The summed E-state index contributed by atoms with van der Waals surface area (Å²) in [5, 5.41) is 8.40. The average molecular weight is 525 g/mol. The summed E-state index contributed by atoms with van der Waals surface area (Å²) in [6.45, 7) is 1.77. The second-order valence-electron chi connectivity index (χ2n) is 8.28. The van der Waals surface area contributed by atoms with Crippen molar-refractivity contribution in [2.24, 2.45) is 5.10 Å². The van der Waals surface area contributed by atoms with Crippen molar-refractivity contribution in [2.75, 3.05) is 0 Å². The molecule has 1 atom stereocenters. The van der Waals surface area contributed by atoms with Crippen LogP contribution in [0, 0.1) is 0 Å². The SMILES string of the molecule is CCC(=O)N1N=C(c2c(-c3ccccc3)c3cc(Cl)ccc3[nH]c2=O)CC1c1ccc(Cl)cc1Cl. The average Bonchev–Trinajstić information content (AvgIpc) is 3.28. The maximum Gasteiger partial charge on any atom is 0.258 e. The van der Waals surface area contributed by atoms with Crippen LogP contribution in [0.4, 0.5) is 0 Å². The minimum Gasteiger partial charge on any atom is -0.321 e.